The van der Waals surface area contributed by atoms with Crippen molar-refractivity contribution in [2.24, 2.45) is 5.92 Å². The molecule has 2 N–H and O–H groups in total. The molecule has 1 aliphatic rings. The zero-order valence-corrected chi connectivity index (χ0v) is 10.3. The number of aliphatic hydroxyl groups is 1. The van der Waals surface area contributed by atoms with Crippen molar-refractivity contribution in [2.45, 2.75) is 31.8 Å². The Morgan fingerprint density at radius 3 is 2.81 bits per heavy atom. The van der Waals surface area contributed by atoms with Gasteiger partial charge >= 0.3 is 0 Å². The lowest BCUT2D eigenvalue weighted by atomic mass is 10.1. The Morgan fingerprint density at radius 1 is 1.25 bits per heavy atom. The molecule has 0 saturated heterocycles. The predicted molar refractivity (Wildman–Crippen MR) is 63.5 cm³/mol. The standard InChI is InChI=1S/C12H25NO3/c1-15-6-2-7-16-8-5-13-10-11-3-4-12(14)9-11/h11-14H,2-10H2,1H3. The number of hydrogen-bond acceptors (Lipinski definition) is 4. The van der Waals surface area contributed by atoms with Crippen molar-refractivity contribution < 1.29 is 14.6 Å². The molecule has 1 rings (SSSR count). The number of ether oxygens (including phenoxy) is 2. The lowest BCUT2D eigenvalue weighted by Gasteiger charge is -2.10. The van der Waals surface area contributed by atoms with Crippen LogP contribution in [0.1, 0.15) is 25.7 Å². The van der Waals surface area contributed by atoms with E-state index >= 15 is 0 Å². The molecule has 4 heteroatoms. The van der Waals surface area contributed by atoms with Gasteiger partial charge in [-0.25, -0.2) is 0 Å². The third-order valence-electron chi connectivity index (χ3n) is 3.01. The number of nitrogens with one attached hydrogen (secondary N) is 1. The molecule has 1 saturated carbocycles. The SMILES string of the molecule is COCCCOCCNCC1CCC(O)C1. The van der Waals surface area contributed by atoms with Crippen LogP contribution in [0.2, 0.25) is 0 Å². The van der Waals surface area contributed by atoms with E-state index in [1.54, 1.807) is 7.11 Å². The number of methoxy groups -OCH3 is 1. The average Bonchev–Trinajstić information content (AvgIpc) is 2.68. The minimum atomic E-state index is -0.0582. The molecule has 16 heavy (non-hydrogen) atoms. The Bertz CT molecular complexity index is 166. The molecule has 2 atom stereocenters. The highest BCUT2D eigenvalue weighted by Crippen LogP contribution is 2.24. The fraction of sp³-hybridized carbons (Fsp3) is 1.00. The van der Waals surface area contributed by atoms with Crippen LogP contribution in [0.5, 0.6) is 0 Å². The van der Waals surface area contributed by atoms with Crippen LogP contribution in [0.4, 0.5) is 0 Å². The van der Waals surface area contributed by atoms with E-state index < -0.39 is 0 Å². The fourth-order valence-corrected chi connectivity index (χ4v) is 2.09. The van der Waals surface area contributed by atoms with Gasteiger partial charge in [-0.2, -0.15) is 0 Å². The Labute approximate surface area is 98.3 Å². The van der Waals surface area contributed by atoms with Gasteiger partial charge in [0.2, 0.25) is 0 Å². The van der Waals surface area contributed by atoms with Crippen molar-refractivity contribution in [3.05, 3.63) is 0 Å². The fourth-order valence-electron chi connectivity index (χ4n) is 2.09. The molecule has 4 nitrogen and oxygen atoms in total. The first-order valence-electron chi connectivity index (χ1n) is 6.28. The van der Waals surface area contributed by atoms with Gasteiger partial charge < -0.3 is 19.9 Å². The number of hydrogen-bond donors (Lipinski definition) is 2. The van der Waals surface area contributed by atoms with Crippen molar-refractivity contribution >= 4 is 0 Å². The van der Waals surface area contributed by atoms with E-state index in [2.05, 4.69) is 5.32 Å². The predicted octanol–water partition coefficient (Wildman–Crippen LogP) is 0.790. The molecule has 0 bridgehead atoms. The summed E-state index contributed by atoms with van der Waals surface area (Å²) in [5.74, 6) is 0.656. The van der Waals surface area contributed by atoms with E-state index in [0.29, 0.717) is 5.92 Å². The van der Waals surface area contributed by atoms with E-state index in [9.17, 15) is 5.11 Å². The van der Waals surface area contributed by atoms with Crippen LogP contribution in [-0.2, 0) is 9.47 Å². The summed E-state index contributed by atoms with van der Waals surface area (Å²) < 4.78 is 10.4. The highest BCUT2D eigenvalue weighted by atomic mass is 16.5. The minimum absolute atomic E-state index is 0.0582. The van der Waals surface area contributed by atoms with E-state index in [4.69, 9.17) is 9.47 Å². The zero-order chi connectivity index (χ0) is 11.6. The van der Waals surface area contributed by atoms with E-state index in [1.807, 2.05) is 0 Å². The maximum Gasteiger partial charge on any atom is 0.0590 e. The lowest BCUT2D eigenvalue weighted by Crippen LogP contribution is -2.25. The first-order valence-corrected chi connectivity index (χ1v) is 6.28. The molecule has 0 aromatic carbocycles. The third kappa shape index (κ3) is 6.43. The first-order chi connectivity index (χ1) is 7.83. The summed E-state index contributed by atoms with van der Waals surface area (Å²) in [5, 5.41) is 12.7. The maximum atomic E-state index is 9.36. The summed E-state index contributed by atoms with van der Waals surface area (Å²) >= 11 is 0. The van der Waals surface area contributed by atoms with Gasteiger partial charge in [0.25, 0.3) is 0 Å². The Kier molecular flexibility index (Phi) is 7.76. The molecule has 0 amide bonds. The molecule has 1 fully saturated rings. The normalized spacial score (nSPS) is 25.1. The lowest BCUT2D eigenvalue weighted by molar-refractivity contribution is 0.104. The van der Waals surface area contributed by atoms with Crippen LogP contribution < -0.4 is 5.32 Å². The van der Waals surface area contributed by atoms with Gasteiger partial charge in [0.1, 0.15) is 0 Å². The average molecular weight is 231 g/mol. The monoisotopic (exact) mass is 231 g/mol. The van der Waals surface area contributed by atoms with Gasteiger partial charge in [-0.15, -0.1) is 0 Å². The van der Waals surface area contributed by atoms with Gasteiger partial charge in [-0.05, 0) is 38.1 Å². The van der Waals surface area contributed by atoms with Crippen molar-refractivity contribution in [1.29, 1.82) is 0 Å². The second-order valence-corrected chi connectivity index (χ2v) is 4.50. The number of rotatable bonds is 9. The molecule has 2 unspecified atom stereocenters. The van der Waals surface area contributed by atoms with E-state index in [-0.39, 0.29) is 6.10 Å². The van der Waals surface area contributed by atoms with Crippen LogP contribution in [-0.4, -0.2) is 51.2 Å². The molecule has 0 aromatic rings. The van der Waals surface area contributed by atoms with Crippen LogP contribution in [0, 0.1) is 5.92 Å². The van der Waals surface area contributed by atoms with Crippen LogP contribution >= 0.6 is 0 Å². The molecular weight excluding hydrogens is 206 g/mol. The molecule has 0 spiro atoms. The summed E-state index contributed by atoms with van der Waals surface area (Å²) in [7, 11) is 1.71. The smallest absolute Gasteiger partial charge is 0.0590 e. The van der Waals surface area contributed by atoms with Gasteiger partial charge in [0.15, 0.2) is 0 Å². The summed E-state index contributed by atoms with van der Waals surface area (Å²) in [5.41, 5.74) is 0. The maximum absolute atomic E-state index is 9.36. The van der Waals surface area contributed by atoms with Gasteiger partial charge in [0.05, 0.1) is 12.7 Å². The zero-order valence-electron chi connectivity index (χ0n) is 10.3. The molecule has 0 heterocycles. The minimum Gasteiger partial charge on any atom is -0.393 e. The second-order valence-electron chi connectivity index (χ2n) is 4.50. The van der Waals surface area contributed by atoms with E-state index in [0.717, 1.165) is 58.6 Å². The van der Waals surface area contributed by atoms with Gasteiger partial charge in [-0.3, -0.25) is 0 Å². The number of aliphatic hydroxyl groups excluding tert-OH is 1. The molecule has 0 radical (unpaired) electrons. The van der Waals surface area contributed by atoms with E-state index in [1.165, 1.54) is 0 Å². The molecule has 0 aromatic heterocycles. The molecule has 1 aliphatic carbocycles. The second kappa shape index (κ2) is 8.93. The summed E-state index contributed by atoms with van der Waals surface area (Å²) in [6, 6.07) is 0. The summed E-state index contributed by atoms with van der Waals surface area (Å²) in [4.78, 5) is 0. The van der Waals surface area contributed by atoms with Crippen molar-refractivity contribution in [3.63, 3.8) is 0 Å². The largest absolute Gasteiger partial charge is 0.393 e. The Balaban J connectivity index is 1.78. The summed E-state index contributed by atoms with van der Waals surface area (Å²) in [6.45, 7) is 4.22. The third-order valence-corrected chi connectivity index (χ3v) is 3.01. The van der Waals surface area contributed by atoms with Crippen molar-refractivity contribution in [2.75, 3.05) is 40.0 Å². The van der Waals surface area contributed by atoms with Gasteiger partial charge in [0, 0.05) is 26.9 Å². The van der Waals surface area contributed by atoms with Crippen molar-refractivity contribution in [3.8, 4) is 0 Å². The van der Waals surface area contributed by atoms with Crippen LogP contribution in [0.15, 0.2) is 0 Å². The molecular formula is C12H25NO3. The molecule has 0 aliphatic heterocycles. The van der Waals surface area contributed by atoms with Crippen molar-refractivity contribution in [1.82, 2.24) is 5.32 Å². The first kappa shape index (κ1) is 13.9. The topological polar surface area (TPSA) is 50.7 Å². The van der Waals surface area contributed by atoms with Crippen LogP contribution in [0.25, 0.3) is 0 Å². The highest BCUT2D eigenvalue weighted by molar-refractivity contribution is 4.75. The van der Waals surface area contributed by atoms with Gasteiger partial charge in [-0.1, -0.05) is 0 Å². The molecule has 96 valence electrons. The Morgan fingerprint density at radius 2 is 2.12 bits per heavy atom. The quantitative estimate of drug-likeness (QED) is 0.576. The Hall–Kier alpha value is -0.160. The van der Waals surface area contributed by atoms with Crippen LogP contribution in [0.3, 0.4) is 0 Å². The summed E-state index contributed by atoms with van der Waals surface area (Å²) in [6.07, 6.45) is 3.99. The highest BCUT2D eigenvalue weighted by Gasteiger charge is 2.21.